The van der Waals surface area contributed by atoms with Crippen LogP contribution in [-0.2, 0) is 26.2 Å². The first kappa shape index (κ1) is 32.0. The van der Waals surface area contributed by atoms with Crippen LogP contribution in [0.3, 0.4) is 0 Å². The summed E-state index contributed by atoms with van der Waals surface area (Å²) >= 11 is 3.45. The molecule has 0 aliphatic rings. The molecule has 220 valence electrons. The summed E-state index contributed by atoms with van der Waals surface area (Å²) in [5, 5.41) is 2.84. The average molecular weight is 647 g/mol. The van der Waals surface area contributed by atoms with E-state index in [0.29, 0.717) is 18.0 Å². The van der Waals surface area contributed by atoms with Gasteiger partial charge >= 0.3 is 0 Å². The zero-order valence-corrected chi connectivity index (χ0v) is 26.3. The molecule has 0 spiro atoms. The van der Waals surface area contributed by atoms with Gasteiger partial charge in [0.2, 0.25) is 11.8 Å². The molecule has 9 nitrogen and oxygen atoms in total. The zero-order chi connectivity index (χ0) is 30.2. The Morgan fingerprint density at radius 3 is 2.27 bits per heavy atom. The van der Waals surface area contributed by atoms with Crippen molar-refractivity contribution in [1.82, 2.24) is 10.2 Å². The lowest BCUT2D eigenvalue weighted by Gasteiger charge is -2.32. The SMILES string of the molecule is CCCNC(=O)[C@H](C)N(Cc1cccc(Br)c1)C(=O)CN(c1ccc(C)cc1)S(=O)(=O)c1ccc(OC)c(OC)c1. The smallest absolute Gasteiger partial charge is 0.264 e. The summed E-state index contributed by atoms with van der Waals surface area (Å²) in [6.07, 6.45) is 0.739. The first-order valence-corrected chi connectivity index (χ1v) is 15.4. The zero-order valence-electron chi connectivity index (χ0n) is 23.9. The third-order valence-electron chi connectivity index (χ3n) is 6.50. The highest BCUT2D eigenvalue weighted by Crippen LogP contribution is 2.32. The van der Waals surface area contributed by atoms with Gasteiger partial charge in [-0.1, -0.05) is 52.7 Å². The Kier molecular flexibility index (Phi) is 11.2. The largest absolute Gasteiger partial charge is 0.493 e. The molecule has 3 aromatic carbocycles. The highest BCUT2D eigenvalue weighted by molar-refractivity contribution is 9.10. The van der Waals surface area contributed by atoms with Crippen LogP contribution in [0.15, 0.2) is 76.1 Å². The summed E-state index contributed by atoms with van der Waals surface area (Å²) < 4.78 is 40.6. The van der Waals surface area contributed by atoms with Crippen molar-refractivity contribution in [1.29, 1.82) is 0 Å². The van der Waals surface area contributed by atoms with Crippen LogP contribution in [0.25, 0.3) is 0 Å². The van der Waals surface area contributed by atoms with E-state index < -0.39 is 28.5 Å². The number of anilines is 1. The number of carbonyl (C=O) groups is 2. The van der Waals surface area contributed by atoms with E-state index in [1.54, 1.807) is 31.2 Å². The molecule has 2 amide bonds. The monoisotopic (exact) mass is 645 g/mol. The first-order chi connectivity index (χ1) is 19.5. The van der Waals surface area contributed by atoms with Crippen molar-refractivity contribution < 1.29 is 27.5 Å². The molecule has 3 rings (SSSR count). The lowest BCUT2D eigenvalue weighted by molar-refractivity contribution is -0.139. The third kappa shape index (κ3) is 8.01. The van der Waals surface area contributed by atoms with Crippen molar-refractivity contribution in [2.45, 2.75) is 44.7 Å². The molecule has 0 aliphatic heterocycles. The quantitative estimate of drug-likeness (QED) is 0.283. The number of carbonyl (C=O) groups excluding carboxylic acids is 2. The van der Waals surface area contributed by atoms with Crippen LogP contribution >= 0.6 is 15.9 Å². The summed E-state index contributed by atoms with van der Waals surface area (Å²) in [4.78, 5) is 28.3. The van der Waals surface area contributed by atoms with E-state index in [2.05, 4.69) is 21.2 Å². The van der Waals surface area contributed by atoms with Gasteiger partial charge in [0.05, 0.1) is 24.8 Å². The fourth-order valence-corrected chi connectivity index (χ4v) is 6.03. The molecule has 0 fully saturated rings. The Labute approximate surface area is 250 Å². The number of methoxy groups -OCH3 is 2. The number of hydrogen-bond donors (Lipinski definition) is 1. The van der Waals surface area contributed by atoms with Crippen molar-refractivity contribution in [3.05, 3.63) is 82.3 Å². The van der Waals surface area contributed by atoms with Gasteiger partial charge in [-0.05, 0) is 62.2 Å². The maximum atomic E-state index is 14.1. The van der Waals surface area contributed by atoms with E-state index in [1.807, 2.05) is 38.1 Å². The molecular formula is C30H36BrN3O6S. The summed E-state index contributed by atoms with van der Waals surface area (Å²) in [6.45, 7) is 5.51. The molecule has 0 aliphatic carbocycles. The minimum Gasteiger partial charge on any atom is -0.493 e. The van der Waals surface area contributed by atoms with Crippen LogP contribution in [0.4, 0.5) is 5.69 Å². The second-order valence-corrected chi connectivity index (χ2v) is 12.3. The van der Waals surface area contributed by atoms with Crippen molar-refractivity contribution in [3.8, 4) is 11.5 Å². The Morgan fingerprint density at radius 2 is 1.66 bits per heavy atom. The van der Waals surface area contributed by atoms with E-state index in [1.165, 1.54) is 37.3 Å². The molecule has 0 saturated heterocycles. The van der Waals surface area contributed by atoms with E-state index in [4.69, 9.17) is 9.47 Å². The van der Waals surface area contributed by atoms with Gasteiger partial charge < -0.3 is 19.7 Å². The molecule has 0 heterocycles. The van der Waals surface area contributed by atoms with Crippen LogP contribution in [0.5, 0.6) is 11.5 Å². The number of nitrogens with one attached hydrogen (secondary N) is 1. The highest BCUT2D eigenvalue weighted by atomic mass is 79.9. The number of halogens is 1. The molecule has 0 unspecified atom stereocenters. The molecule has 0 aromatic heterocycles. The first-order valence-electron chi connectivity index (χ1n) is 13.1. The van der Waals surface area contributed by atoms with Gasteiger partial charge in [0.15, 0.2) is 11.5 Å². The predicted octanol–water partition coefficient (Wildman–Crippen LogP) is 4.91. The molecule has 0 saturated carbocycles. The van der Waals surface area contributed by atoms with Gasteiger partial charge in [0, 0.05) is 23.6 Å². The van der Waals surface area contributed by atoms with Crippen LogP contribution < -0.4 is 19.1 Å². The minimum atomic E-state index is -4.25. The highest BCUT2D eigenvalue weighted by Gasteiger charge is 2.33. The fraction of sp³-hybridized carbons (Fsp3) is 0.333. The number of rotatable bonds is 13. The van der Waals surface area contributed by atoms with Gasteiger partial charge in [-0.25, -0.2) is 8.42 Å². The summed E-state index contributed by atoms with van der Waals surface area (Å²) in [5.41, 5.74) is 2.03. The number of sulfonamides is 1. The Hall–Kier alpha value is -3.57. The number of ether oxygens (including phenoxy) is 2. The molecule has 41 heavy (non-hydrogen) atoms. The van der Waals surface area contributed by atoms with Crippen molar-refractivity contribution in [3.63, 3.8) is 0 Å². The second kappa shape index (κ2) is 14.4. The lowest BCUT2D eigenvalue weighted by atomic mass is 10.1. The summed E-state index contributed by atoms with van der Waals surface area (Å²) in [7, 11) is -1.37. The lowest BCUT2D eigenvalue weighted by Crippen LogP contribution is -2.51. The number of amides is 2. The maximum Gasteiger partial charge on any atom is 0.264 e. The summed E-state index contributed by atoms with van der Waals surface area (Å²) in [5.74, 6) is -0.244. The van der Waals surface area contributed by atoms with E-state index in [0.717, 1.165) is 26.3 Å². The molecule has 0 bridgehead atoms. The number of aryl methyl sites for hydroxylation is 1. The average Bonchev–Trinajstić information content (AvgIpc) is 2.97. The van der Waals surface area contributed by atoms with E-state index in [9.17, 15) is 18.0 Å². The number of benzene rings is 3. The van der Waals surface area contributed by atoms with Crippen LogP contribution in [-0.4, -0.2) is 58.5 Å². The Balaban J connectivity index is 2.06. The molecule has 1 N–H and O–H groups in total. The normalized spacial score (nSPS) is 11.9. The Morgan fingerprint density at radius 1 is 0.976 bits per heavy atom. The molecule has 3 aromatic rings. The molecular weight excluding hydrogens is 610 g/mol. The van der Waals surface area contributed by atoms with Gasteiger partial charge in [-0.2, -0.15) is 0 Å². The Bertz CT molecular complexity index is 1460. The van der Waals surface area contributed by atoms with Crippen LogP contribution in [0, 0.1) is 6.92 Å². The molecule has 1 atom stereocenters. The van der Waals surface area contributed by atoms with Crippen molar-refractivity contribution >= 4 is 43.5 Å². The number of nitrogens with zero attached hydrogens (tertiary/aromatic N) is 2. The van der Waals surface area contributed by atoms with Crippen LogP contribution in [0.2, 0.25) is 0 Å². The van der Waals surface area contributed by atoms with Crippen molar-refractivity contribution in [2.75, 3.05) is 31.6 Å². The van der Waals surface area contributed by atoms with Crippen molar-refractivity contribution in [2.24, 2.45) is 0 Å². The number of hydrogen-bond acceptors (Lipinski definition) is 6. The van der Waals surface area contributed by atoms with E-state index in [-0.39, 0.29) is 23.1 Å². The van der Waals surface area contributed by atoms with Gasteiger partial charge in [0.1, 0.15) is 12.6 Å². The predicted molar refractivity (Wildman–Crippen MR) is 163 cm³/mol. The fourth-order valence-electron chi connectivity index (χ4n) is 4.15. The van der Waals surface area contributed by atoms with Gasteiger partial charge in [-0.15, -0.1) is 0 Å². The third-order valence-corrected chi connectivity index (χ3v) is 8.77. The van der Waals surface area contributed by atoms with Gasteiger partial charge in [-0.3, -0.25) is 13.9 Å². The maximum absolute atomic E-state index is 14.1. The summed E-state index contributed by atoms with van der Waals surface area (Å²) in [6, 6.07) is 17.7. The van der Waals surface area contributed by atoms with Crippen LogP contribution in [0.1, 0.15) is 31.4 Å². The molecule has 0 radical (unpaired) electrons. The van der Waals surface area contributed by atoms with Gasteiger partial charge in [0.25, 0.3) is 10.0 Å². The molecule has 11 heteroatoms. The topological polar surface area (TPSA) is 105 Å². The van der Waals surface area contributed by atoms with E-state index >= 15 is 0 Å². The minimum absolute atomic E-state index is 0.0733. The standard InChI is InChI=1S/C30H36BrN3O6S/c1-6-16-32-30(36)22(3)33(19-23-8-7-9-24(31)17-23)29(35)20-34(25-12-10-21(2)11-13-25)41(37,38)26-14-15-27(39-4)28(18-26)40-5/h7-15,17-18,22H,6,16,19-20H2,1-5H3,(H,32,36)/t22-/m0/s1. The second-order valence-electron chi connectivity index (χ2n) is 9.48.